The predicted molar refractivity (Wildman–Crippen MR) is 129 cm³/mol. The summed E-state index contributed by atoms with van der Waals surface area (Å²) in [5.74, 6) is 2.06. The van der Waals surface area contributed by atoms with Gasteiger partial charge in [0.25, 0.3) is 0 Å². The minimum atomic E-state index is 0.0540. The molecule has 5 fully saturated rings. The monoisotopic (exact) mass is 479 g/mol. The number of hydrogen-bond acceptors (Lipinski definition) is 4. The highest BCUT2D eigenvalue weighted by Gasteiger charge is 2.47. The van der Waals surface area contributed by atoms with Crippen molar-refractivity contribution < 1.29 is 14.3 Å². The molecule has 3 heterocycles. The van der Waals surface area contributed by atoms with Crippen LogP contribution in [-0.4, -0.2) is 89.9 Å². The molecule has 0 radical (unpaired) electrons. The first-order valence-corrected chi connectivity index (χ1v) is 14.1. The molecule has 2 aliphatic carbocycles. The molecule has 0 aromatic rings. The molecule has 2 amide bonds. The van der Waals surface area contributed by atoms with Crippen LogP contribution in [0.25, 0.3) is 0 Å². The number of alkyl halides is 1. The van der Waals surface area contributed by atoms with Gasteiger partial charge in [-0.15, -0.1) is 11.6 Å². The van der Waals surface area contributed by atoms with Gasteiger partial charge in [0.1, 0.15) is 0 Å². The average Bonchev–Trinajstić information content (AvgIpc) is 3.23. The molecule has 0 N–H and O–H groups in total. The molecule has 3 saturated heterocycles. The van der Waals surface area contributed by atoms with Crippen LogP contribution >= 0.6 is 11.6 Å². The van der Waals surface area contributed by atoms with E-state index in [0.29, 0.717) is 55.5 Å². The van der Waals surface area contributed by atoms with E-state index in [1.54, 1.807) is 0 Å². The number of amides is 2. The Bertz CT molecular complexity index is 684. The third-order valence-corrected chi connectivity index (χ3v) is 9.67. The topological polar surface area (TPSA) is 53.1 Å². The van der Waals surface area contributed by atoms with Gasteiger partial charge in [-0.1, -0.05) is 12.8 Å². The summed E-state index contributed by atoms with van der Waals surface area (Å²) in [7, 11) is 0. The molecule has 6 nitrogen and oxygen atoms in total. The molecular weight excluding hydrogens is 438 g/mol. The summed E-state index contributed by atoms with van der Waals surface area (Å²) in [6.07, 6.45) is 12.5. The first-order chi connectivity index (χ1) is 16.1. The quantitative estimate of drug-likeness (QED) is 0.579. The summed E-state index contributed by atoms with van der Waals surface area (Å²) >= 11 is 6.37. The lowest BCUT2D eigenvalue weighted by Gasteiger charge is -2.40. The molecule has 0 aromatic heterocycles. The largest absolute Gasteiger partial charge is 0.378 e. The number of carbonyl (C=O) groups excluding carboxylic acids is 2. The zero-order valence-electron chi connectivity index (χ0n) is 20.1. The average molecular weight is 480 g/mol. The van der Waals surface area contributed by atoms with Crippen molar-refractivity contribution in [1.82, 2.24) is 14.7 Å². The van der Waals surface area contributed by atoms with Crippen molar-refractivity contribution in [3.05, 3.63) is 0 Å². The molecule has 0 bridgehead atoms. The molecule has 5 aliphatic rings. The zero-order valence-corrected chi connectivity index (χ0v) is 20.9. The van der Waals surface area contributed by atoms with E-state index in [2.05, 4.69) is 9.80 Å². The van der Waals surface area contributed by atoms with E-state index in [1.165, 1.54) is 38.5 Å². The molecule has 0 spiro atoms. The Labute approximate surface area is 204 Å². The Morgan fingerprint density at radius 1 is 0.788 bits per heavy atom. The van der Waals surface area contributed by atoms with E-state index in [0.717, 1.165) is 51.7 Å². The first kappa shape index (κ1) is 23.9. The number of ether oxygens (including phenoxy) is 1. The molecule has 3 atom stereocenters. The molecule has 0 aromatic carbocycles. The van der Waals surface area contributed by atoms with Crippen molar-refractivity contribution in [3.8, 4) is 0 Å². The molecular formula is C26H42ClN3O3. The van der Waals surface area contributed by atoms with Gasteiger partial charge in [0.15, 0.2) is 0 Å². The lowest BCUT2D eigenvalue weighted by Crippen LogP contribution is -2.53. The van der Waals surface area contributed by atoms with E-state index in [-0.39, 0.29) is 17.9 Å². The maximum Gasteiger partial charge on any atom is 0.239 e. The number of piperidine rings is 1. The minimum Gasteiger partial charge on any atom is -0.378 e. The highest BCUT2D eigenvalue weighted by Crippen LogP contribution is 2.42. The van der Waals surface area contributed by atoms with Crippen LogP contribution in [0.1, 0.15) is 70.6 Å². The molecule has 5 rings (SSSR count). The van der Waals surface area contributed by atoms with Gasteiger partial charge in [0, 0.05) is 50.1 Å². The second kappa shape index (κ2) is 10.8. The fourth-order valence-corrected chi connectivity index (χ4v) is 7.51. The van der Waals surface area contributed by atoms with Gasteiger partial charge in [0.05, 0.1) is 19.3 Å². The van der Waals surface area contributed by atoms with Crippen molar-refractivity contribution in [1.29, 1.82) is 0 Å². The number of rotatable bonds is 4. The highest BCUT2D eigenvalue weighted by molar-refractivity contribution is 6.20. The lowest BCUT2D eigenvalue weighted by atomic mass is 9.84. The number of fused-ring (bicyclic) bond motifs is 1. The highest BCUT2D eigenvalue weighted by atomic mass is 35.5. The predicted octanol–water partition coefficient (Wildman–Crippen LogP) is 3.51. The standard InChI is InChI=1S/C26H42ClN3O3/c27-22-7-5-19(6-8-22)18-30-23-4-2-1-3-21(23)17-24(30)26(32)28-11-9-20(10-12-28)25(31)29-13-15-33-16-14-29/h19-24H,1-18H2. The van der Waals surface area contributed by atoms with Crippen LogP contribution < -0.4 is 0 Å². The lowest BCUT2D eigenvalue weighted by molar-refractivity contribution is -0.145. The summed E-state index contributed by atoms with van der Waals surface area (Å²) in [6, 6.07) is 0.653. The zero-order chi connectivity index (χ0) is 22.8. The first-order valence-electron chi connectivity index (χ1n) is 13.6. The van der Waals surface area contributed by atoms with Gasteiger partial charge in [-0.25, -0.2) is 0 Å². The number of hydrogen-bond donors (Lipinski definition) is 0. The third kappa shape index (κ3) is 5.38. The third-order valence-electron chi connectivity index (χ3n) is 9.23. The Morgan fingerprint density at radius 2 is 1.45 bits per heavy atom. The molecule has 3 unspecified atom stereocenters. The number of nitrogens with zero attached hydrogens (tertiary/aromatic N) is 3. The Kier molecular flexibility index (Phi) is 7.83. The van der Waals surface area contributed by atoms with Crippen LogP contribution in [0.4, 0.5) is 0 Å². The number of halogens is 1. The number of morpholine rings is 1. The molecule has 7 heteroatoms. The van der Waals surface area contributed by atoms with Crippen LogP contribution in [0.3, 0.4) is 0 Å². The molecule has 186 valence electrons. The van der Waals surface area contributed by atoms with Crippen molar-refractivity contribution in [3.63, 3.8) is 0 Å². The molecule has 33 heavy (non-hydrogen) atoms. The summed E-state index contributed by atoms with van der Waals surface area (Å²) in [4.78, 5) is 33.4. The van der Waals surface area contributed by atoms with E-state index in [1.807, 2.05) is 4.90 Å². The van der Waals surface area contributed by atoms with Crippen LogP contribution in [0.2, 0.25) is 0 Å². The SMILES string of the molecule is O=C(C1CCN(C(=O)C2CC3CCCCC3N2CC2CCC(Cl)CC2)CC1)N1CCOCC1. The van der Waals surface area contributed by atoms with Crippen molar-refractivity contribution in [2.45, 2.75) is 88.1 Å². The minimum absolute atomic E-state index is 0.0540. The van der Waals surface area contributed by atoms with Crippen LogP contribution in [0, 0.1) is 17.8 Å². The van der Waals surface area contributed by atoms with Crippen LogP contribution in [-0.2, 0) is 14.3 Å². The van der Waals surface area contributed by atoms with Gasteiger partial charge < -0.3 is 14.5 Å². The Hall–Kier alpha value is -0.850. The smallest absolute Gasteiger partial charge is 0.239 e. The Morgan fingerprint density at radius 3 is 2.18 bits per heavy atom. The maximum absolute atomic E-state index is 13.8. The Balaban J connectivity index is 1.19. The van der Waals surface area contributed by atoms with E-state index in [9.17, 15) is 9.59 Å². The van der Waals surface area contributed by atoms with Gasteiger partial charge in [-0.05, 0) is 69.6 Å². The summed E-state index contributed by atoms with van der Waals surface area (Å²) < 4.78 is 5.39. The van der Waals surface area contributed by atoms with Crippen molar-refractivity contribution in [2.75, 3.05) is 45.9 Å². The number of carbonyl (C=O) groups is 2. The molecule has 2 saturated carbocycles. The van der Waals surface area contributed by atoms with Gasteiger partial charge in [-0.3, -0.25) is 14.5 Å². The molecule has 3 aliphatic heterocycles. The normalized spacial score (nSPS) is 36.6. The van der Waals surface area contributed by atoms with Gasteiger partial charge >= 0.3 is 0 Å². The second-order valence-corrected chi connectivity index (χ2v) is 11.8. The van der Waals surface area contributed by atoms with E-state index in [4.69, 9.17) is 16.3 Å². The van der Waals surface area contributed by atoms with Crippen LogP contribution in [0.15, 0.2) is 0 Å². The summed E-state index contributed by atoms with van der Waals surface area (Å²) in [5.41, 5.74) is 0. The second-order valence-electron chi connectivity index (χ2n) is 11.2. The number of likely N-dealkylation sites (tertiary alicyclic amines) is 2. The maximum atomic E-state index is 13.8. The van der Waals surface area contributed by atoms with Crippen LogP contribution in [0.5, 0.6) is 0 Å². The van der Waals surface area contributed by atoms with E-state index >= 15 is 0 Å². The van der Waals surface area contributed by atoms with Gasteiger partial charge in [-0.2, -0.15) is 0 Å². The van der Waals surface area contributed by atoms with E-state index < -0.39 is 0 Å². The summed E-state index contributed by atoms with van der Waals surface area (Å²) in [6.45, 7) is 5.26. The van der Waals surface area contributed by atoms with Crippen molar-refractivity contribution >= 4 is 23.4 Å². The summed E-state index contributed by atoms with van der Waals surface area (Å²) in [5, 5.41) is 0.348. The fourth-order valence-electron chi connectivity index (χ4n) is 7.26. The fraction of sp³-hybridized carbons (Fsp3) is 0.923. The van der Waals surface area contributed by atoms with Crippen molar-refractivity contribution in [2.24, 2.45) is 17.8 Å². The van der Waals surface area contributed by atoms with Gasteiger partial charge in [0.2, 0.25) is 11.8 Å².